The minimum Gasteiger partial charge on any atom is -0.487 e. The smallest absolute Gasteiger partial charge is 0.408 e. The van der Waals surface area contributed by atoms with Crippen LogP contribution in [0, 0.1) is 0 Å². The summed E-state index contributed by atoms with van der Waals surface area (Å²) < 4.78 is 10.7. The van der Waals surface area contributed by atoms with Gasteiger partial charge in [-0.25, -0.2) is 15.2 Å². The van der Waals surface area contributed by atoms with Gasteiger partial charge in [-0.3, -0.25) is 9.59 Å². The predicted octanol–water partition coefficient (Wildman–Crippen LogP) is 0.817. The third-order valence-corrected chi connectivity index (χ3v) is 4.66. The van der Waals surface area contributed by atoms with Crippen LogP contribution in [0.25, 0.3) is 0 Å². The Morgan fingerprint density at radius 3 is 2.69 bits per heavy atom. The quantitative estimate of drug-likeness (QED) is 0.134. The number of carboxylic acids is 1. The zero-order valence-electron chi connectivity index (χ0n) is 18.8. The van der Waals surface area contributed by atoms with E-state index in [9.17, 15) is 14.4 Å². The van der Waals surface area contributed by atoms with Crippen LogP contribution >= 0.6 is 0 Å². The lowest BCUT2D eigenvalue weighted by molar-refractivity contribution is -0.137. The molecule has 0 radical (unpaired) electrons. The van der Waals surface area contributed by atoms with Gasteiger partial charge in [-0.2, -0.15) is 5.10 Å². The van der Waals surface area contributed by atoms with Gasteiger partial charge in [-0.05, 0) is 17.7 Å². The van der Waals surface area contributed by atoms with Gasteiger partial charge in [0.05, 0.1) is 30.9 Å². The number of nitrogens with one attached hydrogen (secondary N) is 3. The van der Waals surface area contributed by atoms with Crippen molar-refractivity contribution in [3.63, 3.8) is 0 Å². The van der Waals surface area contributed by atoms with Crippen molar-refractivity contribution < 1.29 is 29.0 Å². The summed E-state index contributed by atoms with van der Waals surface area (Å²) in [4.78, 5) is 39.4. The predicted molar refractivity (Wildman–Crippen MR) is 127 cm³/mol. The second-order valence-corrected chi connectivity index (χ2v) is 7.34. The van der Waals surface area contributed by atoms with Gasteiger partial charge in [0.1, 0.15) is 19.0 Å². The van der Waals surface area contributed by atoms with E-state index in [1.807, 2.05) is 0 Å². The molecular weight excluding hydrogens is 456 g/mol. The maximum Gasteiger partial charge on any atom is 0.408 e. The summed E-state index contributed by atoms with van der Waals surface area (Å²) in [6.07, 6.45) is -0.781. The number of aliphatic carboxylic acids is 1. The highest BCUT2D eigenvalue weighted by molar-refractivity contribution is 6.10. The average molecular weight is 482 g/mol. The Balaban J connectivity index is 1.52. The van der Waals surface area contributed by atoms with Gasteiger partial charge in [0.2, 0.25) is 5.96 Å². The molecule has 1 amide bonds. The molecule has 0 aromatic heterocycles. The Kier molecular flexibility index (Phi) is 9.14. The molecule has 12 nitrogen and oxygen atoms in total. The molecule has 1 aliphatic rings. The summed E-state index contributed by atoms with van der Waals surface area (Å²) in [6.45, 7) is 1.56. The highest BCUT2D eigenvalue weighted by Crippen LogP contribution is 2.22. The van der Waals surface area contributed by atoms with Crippen molar-refractivity contribution in [2.24, 2.45) is 15.8 Å². The van der Waals surface area contributed by atoms with E-state index in [1.54, 1.807) is 48.5 Å². The SMILES string of the molecule is N[C@H](CC(=O)O)NC(=O)OCc1ccc(C(=O)c2ccccc2OCC=NNC2=NCCN2)cc1. The topological polar surface area (TPSA) is 177 Å². The van der Waals surface area contributed by atoms with Gasteiger partial charge >= 0.3 is 12.1 Å². The Morgan fingerprint density at radius 1 is 1.20 bits per heavy atom. The number of aliphatic imine (C=N–C) groups is 1. The first-order valence-electron chi connectivity index (χ1n) is 10.7. The molecule has 184 valence electrons. The molecule has 2 aromatic rings. The largest absolute Gasteiger partial charge is 0.487 e. The minimum absolute atomic E-state index is 0.0743. The van der Waals surface area contributed by atoms with E-state index in [1.165, 1.54) is 6.21 Å². The lowest BCUT2D eigenvalue weighted by Crippen LogP contribution is -2.43. The fourth-order valence-corrected chi connectivity index (χ4v) is 3.01. The van der Waals surface area contributed by atoms with Gasteiger partial charge in [0.25, 0.3) is 0 Å². The number of guanidine groups is 1. The Hall–Kier alpha value is -4.45. The Bertz CT molecular complexity index is 1100. The highest BCUT2D eigenvalue weighted by Gasteiger charge is 2.15. The summed E-state index contributed by atoms with van der Waals surface area (Å²) in [6, 6.07) is 13.4. The lowest BCUT2D eigenvalue weighted by Gasteiger charge is -2.12. The molecule has 2 aromatic carbocycles. The van der Waals surface area contributed by atoms with E-state index in [-0.39, 0.29) is 19.0 Å². The summed E-state index contributed by atoms with van der Waals surface area (Å²) in [7, 11) is 0. The molecule has 0 saturated heterocycles. The molecule has 0 bridgehead atoms. The van der Waals surface area contributed by atoms with Gasteiger partial charge < -0.3 is 30.9 Å². The molecule has 0 spiro atoms. The number of ketones is 1. The molecule has 6 N–H and O–H groups in total. The number of hydrogen-bond acceptors (Lipinski definition) is 10. The third-order valence-electron chi connectivity index (χ3n) is 4.66. The fourth-order valence-electron chi connectivity index (χ4n) is 3.01. The molecule has 0 fully saturated rings. The highest BCUT2D eigenvalue weighted by atomic mass is 16.5. The molecule has 35 heavy (non-hydrogen) atoms. The number of alkyl carbamates (subject to hydrolysis) is 1. The van der Waals surface area contributed by atoms with Crippen molar-refractivity contribution in [3.05, 3.63) is 65.2 Å². The van der Waals surface area contributed by atoms with Crippen LogP contribution in [0.4, 0.5) is 4.79 Å². The second kappa shape index (κ2) is 12.7. The first-order chi connectivity index (χ1) is 16.9. The molecular formula is C23H26N6O6. The van der Waals surface area contributed by atoms with Crippen LogP contribution in [0.5, 0.6) is 5.75 Å². The van der Waals surface area contributed by atoms with Crippen molar-refractivity contribution in [1.82, 2.24) is 16.1 Å². The van der Waals surface area contributed by atoms with E-state index in [2.05, 4.69) is 26.2 Å². The molecule has 3 rings (SSSR count). The van der Waals surface area contributed by atoms with Crippen LogP contribution in [0.1, 0.15) is 27.9 Å². The van der Waals surface area contributed by atoms with Crippen molar-refractivity contribution in [2.45, 2.75) is 19.2 Å². The summed E-state index contributed by atoms with van der Waals surface area (Å²) in [5.41, 5.74) is 9.71. The molecule has 1 atom stereocenters. The van der Waals surface area contributed by atoms with Gasteiger partial charge in [0.15, 0.2) is 5.78 Å². The van der Waals surface area contributed by atoms with Gasteiger partial charge in [0, 0.05) is 12.1 Å². The minimum atomic E-state index is -1.14. The van der Waals surface area contributed by atoms with Crippen LogP contribution in [0.2, 0.25) is 0 Å². The van der Waals surface area contributed by atoms with E-state index in [0.29, 0.717) is 34.9 Å². The number of hydrogen-bond donors (Lipinski definition) is 5. The van der Waals surface area contributed by atoms with Crippen LogP contribution in [0.3, 0.4) is 0 Å². The number of rotatable bonds is 11. The summed E-state index contributed by atoms with van der Waals surface area (Å²) in [5, 5.41) is 17.9. The van der Waals surface area contributed by atoms with Crippen molar-refractivity contribution in [1.29, 1.82) is 0 Å². The lowest BCUT2D eigenvalue weighted by atomic mass is 10.0. The van der Waals surface area contributed by atoms with E-state index in [0.717, 1.165) is 6.54 Å². The number of benzene rings is 2. The number of carboxylic acid groups (broad SMARTS) is 1. The van der Waals surface area contributed by atoms with Crippen LogP contribution in [-0.2, 0) is 16.1 Å². The van der Waals surface area contributed by atoms with Gasteiger partial charge in [-0.1, -0.05) is 36.4 Å². The summed E-state index contributed by atoms with van der Waals surface area (Å²) in [5.74, 6) is -0.345. The number of nitrogens with two attached hydrogens (primary N) is 1. The number of ether oxygens (including phenoxy) is 2. The van der Waals surface area contributed by atoms with E-state index < -0.39 is 24.6 Å². The number of hydrazone groups is 1. The van der Waals surface area contributed by atoms with E-state index in [4.69, 9.17) is 20.3 Å². The number of carbonyl (C=O) groups is 3. The normalized spacial score (nSPS) is 13.5. The Labute approximate surface area is 201 Å². The van der Waals surface area contributed by atoms with Gasteiger partial charge in [-0.15, -0.1) is 0 Å². The first kappa shape index (κ1) is 25.2. The molecule has 0 aliphatic carbocycles. The second-order valence-electron chi connectivity index (χ2n) is 7.34. The molecule has 0 unspecified atom stereocenters. The number of nitrogens with zero attached hydrogens (tertiary/aromatic N) is 2. The maximum absolute atomic E-state index is 13.0. The standard InChI is InChI=1S/C23H26N6O6/c24-19(13-20(30)31)28-23(33)35-14-15-5-7-16(8-6-15)21(32)17-3-1-2-4-18(17)34-12-11-27-29-22-25-9-10-26-22/h1-8,11,19H,9-10,12-14,24H2,(H,28,33)(H,30,31)(H2,25,26,29)/t19-/m0/s1. The van der Waals surface area contributed by atoms with Crippen molar-refractivity contribution >= 4 is 30.0 Å². The number of amides is 1. The molecule has 1 aliphatic heterocycles. The summed E-state index contributed by atoms with van der Waals surface area (Å²) >= 11 is 0. The molecule has 12 heteroatoms. The monoisotopic (exact) mass is 482 g/mol. The van der Waals surface area contributed by atoms with Crippen LogP contribution in [-0.4, -0.2) is 61.0 Å². The molecule has 1 heterocycles. The van der Waals surface area contributed by atoms with Crippen LogP contribution in [0.15, 0.2) is 58.6 Å². The van der Waals surface area contributed by atoms with Crippen molar-refractivity contribution in [3.8, 4) is 5.75 Å². The zero-order valence-corrected chi connectivity index (χ0v) is 18.8. The maximum atomic E-state index is 13.0. The first-order valence-corrected chi connectivity index (χ1v) is 10.7. The molecule has 0 saturated carbocycles. The van der Waals surface area contributed by atoms with Crippen LogP contribution < -0.4 is 26.5 Å². The third kappa shape index (κ3) is 8.12. The fraction of sp³-hybridized carbons (Fsp3) is 0.261. The number of carbonyl (C=O) groups excluding carboxylic acids is 2. The Morgan fingerprint density at radius 2 is 1.97 bits per heavy atom. The zero-order chi connectivity index (χ0) is 25.0. The van der Waals surface area contributed by atoms with Crippen molar-refractivity contribution in [2.75, 3.05) is 19.7 Å². The van der Waals surface area contributed by atoms with E-state index >= 15 is 0 Å². The average Bonchev–Trinajstić information content (AvgIpc) is 3.36. The number of para-hydroxylation sites is 1.